The second-order valence-electron chi connectivity index (χ2n) is 7.73. The molecule has 0 saturated carbocycles. The van der Waals surface area contributed by atoms with Gasteiger partial charge in [-0.25, -0.2) is 9.07 Å². The van der Waals surface area contributed by atoms with Gasteiger partial charge in [0.15, 0.2) is 11.5 Å². The number of carbonyl (C=O) groups is 1. The highest BCUT2D eigenvalue weighted by Gasteiger charge is 2.33. The van der Waals surface area contributed by atoms with E-state index < -0.39 is 11.9 Å². The Balaban J connectivity index is 1.69. The summed E-state index contributed by atoms with van der Waals surface area (Å²) in [5.74, 6) is 1.40. The topological polar surface area (TPSA) is 104 Å². The van der Waals surface area contributed by atoms with Crippen molar-refractivity contribution in [1.29, 1.82) is 0 Å². The lowest BCUT2D eigenvalue weighted by Gasteiger charge is -2.28. The van der Waals surface area contributed by atoms with Gasteiger partial charge in [0.25, 0.3) is 0 Å². The molecule has 34 heavy (non-hydrogen) atoms. The first kappa shape index (κ1) is 23.6. The highest BCUT2D eigenvalue weighted by molar-refractivity contribution is 7.99. The minimum Gasteiger partial charge on any atom is -0.493 e. The Morgan fingerprint density at radius 3 is 2.76 bits per heavy atom. The molecule has 0 aliphatic carbocycles. The number of thioether (sulfide) groups is 1. The lowest BCUT2D eigenvalue weighted by molar-refractivity contribution is -0.115. The van der Waals surface area contributed by atoms with Gasteiger partial charge in [-0.05, 0) is 37.1 Å². The standard InChI is InChI=1S/C24H26FN5O3S/c1-4-11-34-24-28-23-27-14(2)20(22(26)31)21(30(23)29-24)15-9-10-18(19(12-15)32-3)33-13-16-7-5-6-8-17(16)25/h5-10,12,21H,4,11,13H2,1-3H3,(H2,26,31)(H,27,28,29). The molecule has 10 heteroatoms. The maximum absolute atomic E-state index is 14.0. The van der Waals surface area contributed by atoms with Crippen LogP contribution in [0.5, 0.6) is 11.5 Å². The fourth-order valence-corrected chi connectivity index (χ4v) is 4.44. The molecule has 8 nitrogen and oxygen atoms in total. The first-order valence-electron chi connectivity index (χ1n) is 10.8. The Kier molecular flexibility index (Phi) is 7.06. The Hall–Kier alpha value is -3.53. The van der Waals surface area contributed by atoms with Crippen LogP contribution in [0.3, 0.4) is 0 Å². The van der Waals surface area contributed by atoms with E-state index in [0.29, 0.717) is 39.4 Å². The number of fused-ring (bicyclic) bond motifs is 1. The van der Waals surface area contributed by atoms with E-state index in [0.717, 1.165) is 17.7 Å². The largest absolute Gasteiger partial charge is 0.493 e. The minimum absolute atomic E-state index is 0.0481. The molecular formula is C24H26FN5O3S. The molecule has 0 saturated heterocycles. The van der Waals surface area contributed by atoms with Crippen LogP contribution in [0.4, 0.5) is 10.3 Å². The van der Waals surface area contributed by atoms with Gasteiger partial charge in [-0.1, -0.05) is 43.0 Å². The number of nitrogens with one attached hydrogen (secondary N) is 1. The van der Waals surface area contributed by atoms with Gasteiger partial charge in [0.2, 0.25) is 17.0 Å². The van der Waals surface area contributed by atoms with E-state index in [9.17, 15) is 9.18 Å². The van der Waals surface area contributed by atoms with Crippen LogP contribution >= 0.6 is 11.8 Å². The van der Waals surface area contributed by atoms with Crippen molar-refractivity contribution in [3.05, 3.63) is 70.7 Å². The molecule has 2 aromatic carbocycles. The van der Waals surface area contributed by atoms with Gasteiger partial charge in [-0.2, -0.15) is 4.98 Å². The van der Waals surface area contributed by atoms with E-state index in [2.05, 4.69) is 22.3 Å². The van der Waals surface area contributed by atoms with Crippen molar-refractivity contribution < 1.29 is 18.7 Å². The maximum atomic E-state index is 14.0. The van der Waals surface area contributed by atoms with Crippen molar-refractivity contribution >= 4 is 23.6 Å². The molecular weight excluding hydrogens is 457 g/mol. The van der Waals surface area contributed by atoms with Gasteiger partial charge in [-0.3, -0.25) is 4.79 Å². The van der Waals surface area contributed by atoms with Crippen LogP contribution in [0, 0.1) is 5.82 Å². The molecule has 1 amide bonds. The summed E-state index contributed by atoms with van der Waals surface area (Å²) < 4.78 is 27.0. The zero-order valence-electron chi connectivity index (χ0n) is 19.2. The number of nitrogens with zero attached hydrogens (tertiary/aromatic N) is 3. The van der Waals surface area contributed by atoms with E-state index in [1.54, 1.807) is 53.7 Å². The molecule has 0 radical (unpaired) electrons. The molecule has 0 bridgehead atoms. The summed E-state index contributed by atoms with van der Waals surface area (Å²) in [5.41, 5.74) is 7.92. The number of ether oxygens (including phenoxy) is 2. The predicted octanol–water partition coefficient (Wildman–Crippen LogP) is 4.28. The third kappa shape index (κ3) is 4.72. The van der Waals surface area contributed by atoms with Crippen molar-refractivity contribution in [3.8, 4) is 11.5 Å². The summed E-state index contributed by atoms with van der Waals surface area (Å²) in [4.78, 5) is 17.0. The van der Waals surface area contributed by atoms with Crippen molar-refractivity contribution in [2.75, 3.05) is 18.2 Å². The van der Waals surface area contributed by atoms with Crippen molar-refractivity contribution in [1.82, 2.24) is 14.8 Å². The van der Waals surface area contributed by atoms with Crippen LogP contribution in [-0.4, -0.2) is 33.5 Å². The van der Waals surface area contributed by atoms with E-state index >= 15 is 0 Å². The lowest BCUT2D eigenvalue weighted by Crippen LogP contribution is -2.31. The Labute approximate surface area is 201 Å². The number of carbonyl (C=O) groups excluding carboxylic acids is 1. The average molecular weight is 484 g/mol. The molecule has 0 spiro atoms. The van der Waals surface area contributed by atoms with Gasteiger partial charge in [0, 0.05) is 17.0 Å². The molecule has 3 aromatic rings. The zero-order valence-corrected chi connectivity index (χ0v) is 20.0. The Bertz CT molecular complexity index is 1240. The minimum atomic E-state index is -0.591. The molecule has 1 aromatic heterocycles. The second-order valence-corrected chi connectivity index (χ2v) is 8.79. The summed E-state index contributed by atoms with van der Waals surface area (Å²) in [6.45, 7) is 3.92. The van der Waals surface area contributed by atoms with Crippen LogP contribution in [0.15, 0.2) is 58.9 Å². The van der Waals surface area contributed by atoms with Crippen LogP contribution in [-0.2, 0) is 11.4 Å². The first-order valence-corrected chi connectivity index (χ1v) is 11.8. The number of rotatable bonds is 9. The molecule has 1 unspecified atom stereocenters. The fourth-order valence-electron chi connectivity index (χ4n) is 3.76. The van der Waals surface area contributed by atoms with E-state index in [-0.39, 0.29) is 12.4 Å². The number of amides is 1. The molecule has 0 fully saturated rings. The molecule has 1 atom stereocenters. The molecule has 178 valence electrons. The summed E-state index contributed by atoms with van der Waals surface area (Å²) in [6.07, 6.45) is 0.987. The third-order valence-electron chi connectivity index (χ3n) is 5.38. The first-order chi connectivity index (χ1) is 16.4. The predicted molar refractivity (Wildman–Crippen MR) is 128 cm³/mol. The monoisotopic (exact) mass is 483 g/mol. The molecule has 4 rings (SSSR count). The van der Waals surface area contributed by atoms with Gasteiger partial charge < -0.3 is 20.5 Å². The van der Waals surface area contributed by atoms with Crippen LogP contribution in [0.2, 0.25) is 0 Å². The SMILES string of the molecule is CCCSc1nc2n(n1)C(c1ccc(OCc3ccccc3F)c(OC)c1)C(C(N)=O)=C(C)N2. The number of methoxy groups -OCH3 is 1. The number of benzene rings is 2. The van der Waals surface area contributed by atoms with Crippen molar-refractivity contribution in [3.63, 3.8) is 0 Å². The number of anilines is 1. The quantitative estimate of drug-likeness (QED) is 0.438. The highest BCUT2D eigenvalue weighted by atomic mass is 32.2. The molecule has 3 N–H and O–H groups in total. The lowest BCUT2D eigenvalue weighted by atomic mass is 9.95. The Morgan fingerprint density at radius 2 is 2.06 bits per heavy atom. The van der Waals surface area contributed by atoms with Crippen molar-refractivity contribution in [2.45, 2.75) is 38.1 Å². The summed E-state index contributed by atoms with van der Waals surface area (Å²) >= 11 is 1.54. The second kappa shape index (κ2) is 10.2. The van der Waals surface area contributed by atoms with Gasteiger partial charge in [0.05, 0.1) is 12.7 Å². The van der Waals surface area contributed by atoms with Crippen molar-refractivity contribution in [2.24, 2.45) is 5.73 Å². The van der Waals surface area contributed by atoms with E-state index in [1.165, 1.54) is 13.2 Å². The molecule has 1 aliphatic rings. The molecule has 1 aliphatic heterocycles. The fraction of sp³-hybridized carbons (Fsp3) is 0.292. The summed E-state index contributed by atoms with van der Waals surface area (Å²) in [5, 5.41) is 8.38. The van der Waals surface area contributed by atoms with Gasteiger partial charge in [-0.15, -0.1) is 5.10 Å². The summed E-state index contributed by atoms with van der Waals surface area (Å²) in [6, 6.07) is 11.2. The zero-order chi connectivity index (χ0) is 24.2. The Morgan fingerprint density at radius 1 is 1.26 bits per heavy atom. The van der Waals surface area contributed by atoms with Gasteiger partial charge in [0.1, 0.15) is 18.5 Å². The van der Waals surface area contributed by atoms with Gasteiger partial charge >= 0.3 is 0 Å². The number of allylic oxidation sites excluding steroid dienone is 1. The van der Waals surface area contributed by atoms with Crippen LogP contribution in [0.25, 0.3) is 0 Å². The smallest absolute Gasteiger partial charge is 0.248 e. The number of primary amides is 1. The number of halogens is 1. The van der Waals surface area contributed by atoms with E-state index in [1.807, 2.05) is 6.07 Å². The normalized spacial score (nSPS) is 15.0. The number of hydrogen-bond donors (Lipinski definition) is 2. The molecule has 2 heterocycles. The third-order valence-corrected chi connectivity index (χ3v) is 6.42. The van der Waals surface area contributed by atoms with Crippen LogP contribution in [0.1, 0.15) is 37.4 Å². The van der Waals surface area contributed by atoms with Crippen LogP contribution < -0.4 is 20.5 Å². The maximum Gasteiger partial charge on any atom is 0.248 e. The number of nitrogens with two attached hydrogens (primary N) is 1. The van der Waals surface area contributed by atoms with E-state index in [4.69, 9.17) is 15.2 Å². The number of hydrogen-bond acceptors (Lipinski definition) is 7. The number of aromatic nitrogens is 3. The highest BCUT2D eigenvalue weighted by Crippen LogP contribution is 2.39. The summed E-state index contributed by atoms with van der Waals surface area (Å²) in [7, 11) is 1.52. The average Bonchev–Trinajstić information content (AvgIpc) is 3.23.